The second-order valence-corrected chi connectivity index (χ2v) is 9.50. The van der Waals surface area contributed by atoms with Gasteiger partial charge in [-0.2, -0.15) is 0 Å². The summed E-state index contributed by atoms with van der Waals surface area (Å²) < 4.78 is 0. The van der Waals surface area contributed by atoms with Crippen LogP contribution in [0.15, 0.2) is 54.6 Å². The number of nitrogens with zero attached hydrogens (tertiary/aromatic N) is 2. The number of likely N-dealkylation sites (tertiary alicyclic amines) is 2. The molecule has 9 nitrogen and oxygen atoms in total. The molecule has 2 saturated heterocycles. The number of aliphatic hydroxyl groups excluding tert-OH is 1. The van der Waals surface area contributed by atoms with E-state index in [1.54, 1.807) is 0 Å². The van der Waals surface area contributed by atoms with Crippen LogP contribution in [0.1, 0.15) is 31.7 Å². The Morgan fingerprint density at radius 1 is 1.00 bits per heavy atom. The van der Waals surface area contributed by atoms with Gasteiger partial charge < -0.3 is 26.0 Å². The van der Waals surface area contributed by atoms with Crippen LogP contribution in [0.3, 0.4) is 0 Å². The molecule has 4 atom stereocenters. The van der Waals surface area contributed by atoms with Gasteiger partial charge in [0.15, 0.2) is 0 Å². The quantitative estimate of drug-likeness (QED) is 0.527. The first kappa shape index (κ1) is 25.4. The maximum atomic E-state index is 13.2. The molecule has 0 saturated carbocycles. The van der Waals surface area contributed by atoms with Crippen molar-refractivity contribution in [3.8, 4) is 11.1 Å². The van der Waals surface area contributed by atoms with Crippen molar-refractivity contribution in [2.75, 3.05) is 13.1 Å². The van der Waals surface area contributed by atoms with E-state index in [0.717, 1.165) is 16.7 Å². The first-order chi connectivity index (χ1) is 17.2. The summed E-state index contributed by atoms with van der Waals surface area (Å²) in [6, 6.07) is 15.0. The lowest BCUT2D eigenvalue weighted by Gasteiger charge is -2.31. The van der Waals surface area contributed by atoms with Crippen molar-refractivity contribution in [1.82, 2.24) is 15.1 Å². The van der Waals surface area contributed by atoms with Crippen molar-refractivity contribution in [3.63, 3.8) is 0 Å². The lowest BCUT2D eigenvalue weighted by atomic mass is 10.00. The van der Waals surface area contributed by atoms with Gasteiger partial charge in [0.1, 0.15) is 18.1 Å². The Morgan fingerprint density at radius 3 is 2.31 bits per heavy atom. The standard InChI is InChI=1S/C27H32N4O5/c1-17(32)30-13-5-8-23(30)27(36)31-16-21(33)15-24(31)26(35)29-22(25(28)34)14-18-9-11-20(12-10-18)19-6-3-2-4-7-19/h2-4,6-7,9-12,21-24,33H,5,8,13-16H2,1H3,(H2,28,34)(H,29,35)/t21-,22-,23+,24+/m1/s1. The summed E-state index contributed by atoms with van der Waals surface area (Å²) in [6.07, 6.45) is 0.606. The fourth-order valence-electron chi connectivity index (χ4n) is 5.09. The van der Waals surface area contributed by atoms with Crippen molar-refractivity contribution < 1.29 is 24.3 Å². The van der Waals surface area contributed by atoms with Gasteiger partial charge in [-0.25, -0.2) is 0 Å². The number of aliphatic hydroxyl groups is 1. The molecular formula is C27H32N4O5. The largest absolute Gasteiger partial charge is 0.391 e. The first-order valence-corrected chi connectivity index (χ1v) is 12.2. The number of carbonyl (C=O) groups is 4. The summed E-state index contributed by atoms with van der Waals surface area (Å²) in [5, 5.41) is 12.9. The molecule has 0 aliphatic carbocycles. The van der Waals surface area contributed by atoms with Gasteiger partial charge >= 0.3 is 0 Å². The average molecular weight is 493 g/mol. The van der Waals surface area contributed by atoms with Gasteiger partial charge in [0.05, 0.1) is 6.10 Å². The van der Waals surface area contributed by atoms with E-state index in [2.05, 4.69) is 5.32 Å². The molecule has 2 fully saturated rings. The molecule has 4 amide bonds. The number of carbonyl (C=O) groups excluding carboxylic acids is 4. The van der Waals surface area contributed by atoms with Gasteiger partial charge in [0, 0.05) is 32.9 Å². The van der Waals surface area contributed by atoms with E-state index in [-0.39, 0.29) is 31.2 Å². The zero-order valence-electron chi connectivity index (χ0n) is 20.3. The summed E-state index contributed by atoms with van der Waals surface area (Å²) in [5.41, 5.74) is 8.51. The highest BCUT2D eigenvalue weighted by Crippen LogP contribution is 2.26. The van der Waals surface area contributed by atoms with Crippen molar-refractivity contribution in [3.05, 3.63) is 60.2 Å². The van der Waals surface area contributed by atoms with E-state index in [4.69, 9.17) is 5.73 Å². The van der Waals surface area contributed by atoms with Crippen LogP contribution in [0.25, 0.3) is 11.1 Å². The molecule has 0 aromatic heterocycles. The van der Waals surface area contributed by atoms with Crippen LogP contribution in [-0.2, 0) is 25.6 Å². The first-order valence-electron chi connectivity index (χ1n) is 12.2. The summed E-state index contributed by atoms with van der Waals surface area (Å²) in [7, 11) is 0. The average Bonchev–Trinajstić information content (AvgIpc) is 3.51. The molecule has 2 aromatic rings. The monoisotopic (exact) mass is 492 g/mol. The number of amides is 4. The Kier molecular flexibility index (Phi) is 7.69. The molecule has 2 heterocycles. The Labute approximate surface area is 210 Å². The maximum Gasteiger partial charge on any atom is 0.246 e. The van der Waals surface area contributed by atoms with Crippen molar-refractivity contribution in [2.24, 2.45) is 5.73 Å². The zero-order valence-corrected chi connectivity index (χ0v) is 20.3. The summed E-state index contributed by atoms with van der Waals surface area (Å²) in [5.74, 6) is -1.78. The lowest BCUT2D eigenvalue weighted by Crippen LogP contribution is -2.55. The van der Waals surface area contributed by atoms with Crippen LogP contribution in [-0.4, -0.2) is 75.9 Å². The minimum absolute atomic E-state index is 0.00134. The molecule has 36 heavy (non-hydrogen) atoms. The fourth-order valence-corrected chi connectivity index (χ4v) is 5.09. The molecule has 2 aromatic carbocycles. The number of hydrogen-bond acceptors (Lipinski definition) is 5. The van der Waals surface area contributed by atoms with E-state index < -0.39 is 36.0 Å². The lowest BCUT2D eigenvalue weighted by molar-refractivity contribution is -0.146. The highest BCUT2D eigenvalue weighted by molar-refractivity contribution is 5.94. The Balaban J connectivity index is 1.44. The summed E-state index contributed by atoms with van der Waals surface area (Å²) >= 11 is 0. The molecule has 0 unspecified atom stereocenters. The van der Waals surface area contributed by atoms with Gasteiger partial charge in [-0.3, -0.25) is 19.2 Å². The van der Waals surface area contributed by atoms with E-state index >= 15 is 0 Å². The second-order valence-electron chi connectivity index (χ2n) is 9.50. The number of nitrogens with two attached hydrogens (primary N) is 1. The maximum absolute atomic E-state index is 13.2. The van der Waals surface area contributed by atoms with Crippen molar-refractivity contribution in [2.45, 2.75) is 56.8 Å². The van der Waals surface area contributed by atoms with Gasteiger partial charge in [-0.15, -0.1) is 0 Å². The van der Waals surface area contributed by atoms with Crippen LogP contribution in [0.4, 0.5) is 0 Å². The second kappa shape index (κ2) is 10.9. The van der Waals surface area contributed by atoms with Gasteiger partial charge in [0.25, 0.3) is 0 Å². The number of nitrogens with one attached hydrogen (secondary N) is 1. The van der Waals surface area contributed by atoms with E-state index in [1.807, 2.05) is 54.6 Å². The third-order valence-corrected chi connectivity index (χ3v) is 6.97. The Morgan fingerprint density at radius 2 is 1.67 bits per heavy atom. The molecule has 4 N–H and O–H groups in total. The molecule has 0 bridgehead atoms. The van der Waals surface area contributed by atoms with Gasteiger partial charge in [0.2, 0.25) is 23.6 Å². The molecule has 4 rings (SSSR count). The van der Waals surface area contributed by atoms with Crippen LogP contribution in [0.2, 0.25) is 0 Å². The highest BCUT2D eigenvalue weighted by atomic mass is 16.3. The molecule has 0 radical (unpaired) electrons. The smallest absolute Gasteiger partial charge is 0.246 e. The van der Waals surface area contributed by atoms with Crippen LogP contribution < -0.4 is 11.1 Å². The molecule has 2 aliphatic rings. The van der Waals surface area contributed by atoms with Crippen LogP contribution in [0.5, 0.6) is 0 Å². The SMILES string of the molecule is CC(=O)N1CCC[C@H]1C(=O)N1C[C@H](O)C[C@H]1C(=O)N[C@H](Cc1ccc(-c2ccccc2)cc1)C(N)=O. The number of primary amides is 1. The van der Waals surface area contributed by atoms with Gasteiger partial charge in [-0.1, -0.05) is 54.6 Å². The predicted octanol–water partition coefficient (Wildman–Crippen LogP) is 0.839. The van der Waals surface area contributed by atoms with E-state index in [9.17, 15) is 24.3 Å². The van der Waals surface area contributed by atoms with E-state index in [0.29, 0.717) is 19.4 Å². The third kappa shape index (κ3) is 5.57. The predicted molar refractivity (Wildman–Crippen MR) is 133 cm³/mol. The number of benzene rings is 2. The highest BCUT2D eigenvalue weighted by Gasteiger charge is 2.44. The Bertz CT molecular complexity index is 1120. The van der Waals surface area contributed by atoms with Crippen molar-refractivity contribution in [1.29, 1.82) is 0 Å². The molecular weight excluding hydrogens is 460 g/mol. The third-order valence-electron chi connectivity index (χ3n) is 6.97. The topological polar surface area (TPSA) is 133 Å². The minimum atomic E-state index is -0.977. The van der Waals surface area contributed by atoms with Crippen molar-refractivity contribution >= 4 is 23.6 Å². The van der Waals surface area contributed by atoms with E-state index in [1.165, 1.54) is 16.7 Å². The Hall–Kier alpha value is -3.72. The molecule has 190 valence electrons. The summed E-state index contributed by atoms with van der Waals surface area (Å²) in [6.45, 7) is 1.91. The normalized spacial score (nSPS) is 22.3. The number of hydrogen-bond donors (Lipinski definition) is 3. The molecule has 9 heteroatoms. The molecule has 2 aliphatic heterocycles. The zero-order chi connectivity index (χ0) is 25.8. The number of rotatable bonds is 7. The summed E-state index contributed by atoms with van der Waals surface area (Å²) in [4.78, 5) is 53.4. The minimum Gasteiger partial charge on any atom is -0.391 e. The fraction of sp³-hybridized carbons (Fsp3) is 0.407. The number of β-amino-alcohol motifs (C(OH)–C–C–N with tert-alkyl or cyclic N) is 1. The van der Waals surface area contributed by atoms with Gasteiger partial charge in [-0.05, 0) is 29.5 Å². The molecule has 0 spiro atoms. The van der Waals surface area contributed by atoms with Crippen LogP contribution in [0, 0.1) is 0 Å². The van der Waals surface area contributed by atoms with Crippen LogP contribution >= 0.6 is 0 Å².